The van der Waals surface area contributed by atoms with Crippen LogP contribution in [0, 0.1) is 5.92 Å². The maximum atomic E-state index is 5.91. The van der Waals surface area contributed by atoms with Gasteiger partial charge in [-0.2, -0.15) is 0 Å². The fraction of sp³-hybridized carbons (Fsp3) is 0.867. The molecule has 0 spiro atoms. The zero-order valence-corrected chi connectivity index (χ0v) is 13.4. The maximum Gasteiger partial charge on any atom is 0.123 e. The van der Waals surface area contributed by atoms with Crippen LogP contribution in [0.2, 0.25) is 0 Å². The molecule has 1 N–H and O–H groups in total. The van der Waals surface area contributed by atoms with Crippen molar-refractivity contribution in [1.82, 2.24) is 15.5 Å². The van der Waals surface area contributed by atoms with Gasteiger partial charge in [-0.1, -0.05) is 6.92 Å². The Labute approximate surface area is 125 Å². The lowest BCUT2D eigenvalue weighted by Gasteiger charge is -2.14. The zero-order valence-electron chi connectivity index (χ0n) is 12.6. The number of nitrogens with one attached hydrogen (secondary N) is 1. The molecule has 1 saturated carbocycles. The molecule has 1 saturated heterocycles. The lowest BCUT2D eigenvalue weighted by atomic mass is 9.90. The van der Waals surface area contributed by atoms with E-state index in [9.17, 15) is 0 Å². The number of ether oxygens (including phenoxy) is 1. The van der Waals surface area contributed by atoms with Crippen LogP contribution >= 0.6 is 11.3 Å². The third kappa shape index (κ3) is 3.21. The normalized spacial score (nSPS) is 33.8. The van der Waals surface area contributed by atoms with Gasteiger partial charge in [-0.3, -0.25) is 0 Å². The van der Waals surface area contributed by atoms with Crippen LogP contribution in [-0.4, -0.2) is 35.0 Å². The van der Waals surface area contributed by atoms with Crippen LogP contribution < -0.4 is 5.32 Å². The van der Waals surface area contributed by atoms with E-state index in [0.717, 1.165) is 25.4 Å². The second-order valence-electron chi connectivity index (χ2n) is 6.30. The van der Waals surface area contributed by atoms with Crippen molar-refractivity contribution in [3.8, 4) is 0 Å². The van der Waals surface area contributed by atoms with Crippen molar-refractivity contribution >= 4 is 11.3 Å². The molecule has 112 valence electrons. The Balaban J connectivity index is 1.53. The summed E-state index contributed by atoms with van der Waals surface area (Å²) in [6, 6.07) is 0.804. The Hall–Kier alpha value is -0.520. The number of nitrogens with zero attached hydrogens (tertiary/aromatic N) is 2. The minimum atomic E-state index is 0.261. The van der Waals surface area contributed by atoms with Crippen molar-refractivity contribution in [3.63, 3.8) is 0 Å². The van der Waals surface area contributed by atoms with Crippen molar-refractivity contribution in [2.45, 2.75) is 70.6 Å². The first kappa shape index (κ1) is 14.4. The highest BCUT2D eigenvalue weighted by Crippen LogP contribution is 2.40. The molecule has 4 unspecified atom stereocenters. The van der Waals surface area contributed by atoms with Gasteiger partial charge in [0.2, 0.25) is 0 Å². The molecule has 0 aromatic carbocycles. The van der Waals surface area contributed by atoms with Gasteiger partial charge in [0.25, 0.3) is 0 Å². The van der Waals surface area contributed by atoms with E-state index in [1.807, 2.05) is 0 Å². The van der Waals surface area contributed by atoms with Crippen LogP contribution in [0.15, 0.2) is 0 Å². The Morgan fingerprint density at radius 3 is 2.65 bits per heavy atom. The lowest BCUT2D eigenvalue weighted by Crippen LogP contribution is -2.17. The molecule has 2 aliphatic rings. The van der Waals surface area contributed by atoms with Gasteiger partial charge in [0.1, 0.15) is 10.0 Å². The average molecular weight is 295 g/mol. The molecule has 0 radical (unpaired) electrons. The van der Waals surface area contributed by atoms with Crippen molar-refractivity contribution < 1.29 is 4.74 Å². The molecule has 1 aromatic heterocycles. The Morgan fingerprint density at radius 2 is 2.00 bits per heavy atom. The zero-order chi connectivity index (χ0) is 14.1. The fourth-order valence-corrected chi connectivity index (χ4v) is 4.22. The smallest absolute Gasteiger partial charge is 0.123 e. The molecular weight excluding hydrogens is 270 g/mol. The van der Waals surface area contributed by atoms with E-state index in [-0.39, 0.29) is 6.10 Å². The van der Waals surface area contributed by atoms with Gasteiger partial charge < -0.3 is 10.1 Å². The van der Waals surface area contributed by atoms with Crippen LogP contribution in [0.25, 0.3) is 0 Å². The topological polar surface area (TPSA) is 47.0 Å². The maximum absolute atomic E-state index is 5.91. The first-order chi connectivity index (χ1) is 9.65. The standard InChI is InChI=1S/C15H25N3OS/c1-9-10(2)19-11(3)14(9)15-18-17-13(20-15)5-4-8-16-12-6-7-12/h9-12,14,16H,4-8H2,1-3H3. The summed E-state index contributed by atoms with van der Waals surface area (Å²) in [5.74, 6) is 0.947. The summed E-state index contributed by atoms with van der Waals surface area (Å²) < 4.78 is 5.91. The van der Waals surface area contributed by atoms with Gasteiger partial charge in [0.05, 0.1) is 12.2 Å². The van der Waals surface area contributed by atoms with E-state index in [1.54, 1.807) is 11.3 Å². The molecule has 4 atom stereocenters. The Kier molecular flexibility index (Phi) is 4.38. The monoisotopic (exact) mass is 295 g/mol. The van der Waals surface area contributed by atoms with Crippen LogP contribution in [0.5, 0.6) is 0 Å². The average Bonchev–Trinajstić information content (AvgIpc) is 3.07. The van der Waals surface area contributed by atoms with E-state index < -0.39 is 0 Å². The van der Waals surface area contributed by atoms with Crippen molar-refractivity contribution in [2.24, 2.45) is 5.92 Å². The summed E-state index contributed by atoms with van der Waals surface area (Å²) in [5, 5.41) is 14.7. The van der Waals surface area contributed by atoms with Crippen LogP contribution in [-0.2, 0) is 11.2 Å². The predicted octanol–water partition coefficient (Wildman–Crippen LogP) is 2.75. The summed E-state index contributed by atoms with van der Waals surface area (Å²) in [7, 11) is 0. The van der Waals surface area contributed by atoms with E-state index in [1.165, 1.54) is 22.9 Å². The van der Waals surface area contributed by atoms with Gasteiger partial charge in [-0.25, -0.2) is 0 Å². The first-order valence-electron chi connectivity index (χ1n) is 7.86. The highest BCUT2D eigenvalue weighted by Gasteiger charge is 2.39. The van der Waals surface area contributed by atoms with Crippen LogP contribution in [0.1, 0.15) is 56.0 Å². The Morgan fingerprint density at radius 1 is 1.20 bits per heavy atom. The molecule has 1 aliphatic heterocycles. The van der Waals surface area contributed by atoms with Crippen molar-refractivity contribution in [2.75, 3.05) is 6.54 Å². The van der Waals surface area contributed by atoms with Gasteiger partial charge >= 0.3 is 0 Å². The third-order valence-electron chi connectivity index (χ3n) is 4.59. The SMILES string of the molecule is CC1OC(C)C(c2nnc(CCCNC3CC3)s2)C1C. The molecule has 5 heteroatoms. The van der Waals surface area contributed by atoms with E-state index in [0.29, 0.717) is 17.9 Å². The van der Waals surface area contributed by atoms with Crippen molar-refractivity contribution in [3.05, 3.63) is 10.0 Å². The molecule has 3 rings (SSSR count). The minimum absolute atomic E-state index is 0.261. The van der Waals surface area contributed by atoms with Gasteiger partial charge in [-0.15, -0.1) is 21.5 Å². The van der Waals surface area contributed by atoms with Crippen molar-refractivity contribution in [1.29, 1.82) is 0 Å². The van der Waals surface area contributed by atoms with E-state index in [2.05, 4.69) is 36.3 Å². The molecular formula is C15H25N3OS. The largest absolute Gasteiger partial charge is 0.375 e. The molecule has 1 aliphatic carbocycles. The number of hydrogen-bond donors (Lipinski definition) is 1. The van der Waals surface area contributed by atoms with Crippen LogP contribution in [0.3, 0.4) is 0 Å². The van der Waals surface area contributed by atoms with E-state index >= 15 is 0 Å². The summed E-state index contributed by atoms with van der Waals surface area (Å²) in [5.41, 5.74) is 0. The summed E-state index contributed by atoms with van der Waals surface area (Å²) >= 11 is 1.78. The third-order valence-corrected chi connectivity index (χ3v) is 5.67. The lowest BCUT2D eigenvalue weighted by molar-refractivity contribution is 0.0556. The second kappa shape index (κ2) is 6.08. The molecule has 4 nitrogen and oxygen atoms in total. The highest BCUT2D eigenvalue weighted by molar-refractivity contribution is 7.11. The quantitative estimate of drug-likeness (QED) is 0.820. The molecule has 2 fully saturated rings. The summed E-state index contributed by atoms with van der Waals surface area (Å²) in [4.78, 5) is 0. The number of rotatable bonds is 6. The number of aryl methyl sites for hydroxylation is 1. The number of hydrogen-bond acceptors (Lipinski definition) is 5. The van der Waals surface area contributed by atoms with Gasteiger partial charge in [0.15, 0.2) is 0 Å². The fourth-order valence-electron chi connectivity index (χ4n) is 3.03. The molecule has 1 aromatic rings. The van der Waals surface area contributed by atoms with Crippen LogP contribution in [0.4, 0.5) is 0 Å². The highest BCUT2D eigenvalue weighted by atomic mass is 32.1. The molecule has 2 heterocycles. The summed E-state index contributed by atoms with van der Waals surface area (Å²) in [6.45, 7) is 7.69. The van der Waals surface area contributed by atoms with E-state index in [4.69, 9.17) is 4.74 Å². The second-order valence-corrected chi connectivity index (χ2v) is 7.39. The molecule has 0 amide bonds. The molecule has 20 heavy (non-hydrogen) atoms. The predicted molar refractivity (Wildman–Crippen MR) is 81.2 cm³/mol. The van der Waals surface area contributed by atoms with Gasteiger partial charge in [-0.05, 0) is 45.6 Å². The first-order valence-corrected chi connectivity index (χ1v) is 8.68. The van der Waals surface area contributed by atoms with Gasteiger partial charge in [0, 0.05) is 18.4 Å². The Bertz CT molecular complexity index is 446. The molecule has 0 bridgehead atoms. The summed E-state index contributed by atoms with van der Waals surface area (Å²) in [6.07, 6.45) is 5.51. The minimum Gasteiger partial charge on any atom is -0.375 e. The number of aromatic nitrogens is 2.